The number of aliphatic hydroxyl groups is 1. The normalized spacial score (nSPS) is 10.8. The largest absolute Gasteiger partial charge is 0.506 e. The fraction of sp³-hybridized carbons (Fsp3) is 0.150. The minimum atomic E-state index is -0.0359. The molecule has 0 atom stereocenters. The average molecular weight is 339 g/mol. The summed E-state index contributed by atoms with van der Waals surface area (Å²) in [6.07, 6.45) is 0. The van der Waals surface area contributed by atoms with E-state index in [1.165, 1.54) is 5.56 Å². The van der Waals surface area contributed by atoms with E-state index in [4.69, 9.17) is 11.6 Å². The van der Waals surface area contributed by atoms with Gasteiger partial charge < -0.3 is 5.11 Å². The van der Waals surface area contributed by atoms with Gasteiger partial charge in [0.1, 0.15) is 11.5 Å². The molecule has 2 aromatic carbocycles. The lowest BCUT2D eigenvalue weighted by Gasteiger charge is -2.12. The molecule has 0 spiro atoms. The highest BCUT2D eigenvalue weighted by molar-refractivity contribution is 6.30. The Morgan fingerprint density at radius 2 is 1.75 bits per heavy atom. The molecule has 4 heteroatoms. The van der Waals surface area contributed by atoms with E-state index in [2.05, 4.69) is 42.9 Å². The Labute approximate surface area is 146 Å². The summed E-state index contributed by atoms with van der Waals surface area (Å²) in [4.78, 5) is 0. The number of rotatable bonds is 3. The second-order valence-electron chi connectivity index (χ2n) is 5.98. The van der Waals surface area contributed by atoms with Crippen molar-refractivity contribution in [2.75, 3.05) is 0 Å². The molecule has 0 amide bonds. The highest BCUT2D eigenvalue weighted by Crippen LogP contribution is 2.32. The molecule has 0 saturated carbocycles. The molecule has 0 aliphatic carbocycles. The second-order valence-corrected chi connectivity index (χ2v) is 6.41. The first-order valence-corrected chi connectivity index (χ1v) is 8.07. The molecule has 122 valence electrons. The summed E-state index contributed by atoms with van der Waals surface area (Å²) in [5.41, 5.74) is 6.48. The smallest absolute Gasteiger partial charge is 0.136 e. The summed E-state index contributed by atoms with van der Waals surface area (Å²) in [5.74, 6) is -0.0359. The van der Waals surface area contributed by atoms with Crippen LogP contribution in [0.5, 0.6) is 0 Å². The lowest BCUT2D eigenvalue weighted by molar-refractivity contribution is 0.509. The first kappa shape index (κ1) is 16.3. The quantitative estimate of drug-likeness (QED) is 0.627. The highest BCUT2D eigenvalue weighted by Gasteiger charge is 2.19. The number of aromatic nitrogens is 2. The minimum absolute atomic E-state index is 0.0359. The van der Waals surface area contributed by atoms with Gasteiger partial charge in [-0.1, -0.05) is 48.0 Å². The number of halogens is 1. The van der Waals surface area contributed by atoms with E-state index in [0.717, 1.165) is 28.1 Å². The van der Waals surface area contributed by atoms with Crippen LogP contribution in [0.4, 0.5) is 0 Å². The zero-order valence-corrected chi connectivity index (χ0v) is 14.7. The van der Waals surface area contributed by atoms with Crippen LogP contribution in [0, 0.1) is 20.8 Å². The maximum absolute atomic E-state index is 9.90. The average Bonchev–Trinajstić information content (AvgIpc) is 2.86. The van der Waals surface area contributed by atoms with Crippen LogP contribution >= 0.6 is 11.6 Å². The maximum Gasteiger partial charge on any atom is 0.136 e. The molecular weight excluding hydrogens is 320 g/mol. The molecule has 3 aromatic rings. The van der Waals surface area contributed by atoms with Gasteiger partial charge in [0.15, 0.2) is 0 Å². The summed E-state index contributed by atoms with van der Waals surface area (Å²) in [7, 11) is 0. The van der Waals surface area contributed by atoms with Gasteiger partial charge in [0.2, 0.25) is 0 Å². The van der Waals surface area contributed by atoms with E-state index in [1.54, 1.807) is 0 Å². The fourth-order valence-corrected chi connectivity index (χ4v) is 3.08. The van der Waals surface area contributed by atoms with Gasteiger partial charge in [-0.05, 0) is 44.5 Å². The molecule has 3 nitrogen and oxygen atoms in total. The molecule has 1 heterocycles. The third kappa shape index (κ3) is 2.83. The Bertz CT molecular complexity index is 924. The van der Waals surface area contributed by atoms with Crippen molar-refractivity contribution in [3.8, 4) is 16.9 Å². The van der Waals surface area contributed by atoms with E-state index >= 15 is 0 Å². The van der Waals surface area contributed by atoms with Gasteiger partial charge >= 0.3 is 0 Å². The monoisotopic (exact) mass is 338 g/mol. The number of aryl methyl sites for hydroxylation is 2. The predicted octanol–water partition coefficient (Wildman–Crippen LogP) is 5.65. The van der Waals surface area contributed by atoms with Crippen LogP contribution in [-0.2, 0) is 0 Å². The molecule has 0 aliphatic rings. The number of aliphatic hydroxyl groups excluding tert-OH is 1. The van der Waals surface area contributed by atoms with Crippen molar-refractivity contribution in [1.82, 2.24) is 9.78 Å². The zero-order valence-electron chi connectivity index (χ0n) is 14.0. The van der Waals surface area contributed by atoms with Crippen molar-refractivity contribution >= 4 is 17.4 Å². The highest BCUT2D eigenvalue weighted by atomic mass is 35.5. The van der Waals surface area contributed by atoms with E-state index in [0.29, 0.717) is 10.7 Å². The molecular formula is C20H19ClN2O. The summed E-state index contributed by atoms with van der Waals surface area (Å²) in [6, 6.07) is 13.9. The minimum Gasteiger partial charge on any atom is -0.506 e. The van der Waals surface area contributed by atoms with Crippen LogP contribution in [-0.4, -0.2) is 14.9 Å². The van der Waals surface area contributed by atoms with Crippen LogP contribution in [0.2, 0.25) is 5.02 Å². The number of nitrogens with zero attached hydrogens (tertiary/aromatic N) is 2. The Hall–Kier alpha value is -2.52. The van der Waals surface area contributed by atoms with Crippen LogP contribution in [0.1, 0.15) is 22.4 Å². The SMILES string of the molecule is C=C(O)c1nn(-c2ccc(Cl)cc2C)c(-c2ccc(C)cc2)c1C. The number of hydrogen-bond acceptors (Lipinski definition) is 2. The van der Waals surface area contributed by atoms with Crippen molar-refractivity contribution in [2.45, 2.75) is 20.8 Å². The molecule has 0 radical (unpaired) electrons. The van der Waals surface area contributed by atoms with E-state index in [1.807, 2.05) is 36.7 Å². The Morgan fingerprint density at radius 3 is 2.33 bits per heavy atom. The summed E-state index contributed by atoms with van der Waals surface area (Å²) >= 11 is 6.08. The molecule has 0 saturated heterocycles. The first-order valence-electron chi connectivity index (χ1n) is 7.70. The topological polar surface area (TPSA) is 38.1 Å². The van der Waals surface area contributed by atoms with Gasteiger partial charge in [-0.25, -0.2) is 4.68 Å². The van der Waals surface area contributed by atoms with Gasteiger partial charge in [0.05, 0.1) is 11.4 Å². The first-order chi connectivity index (χ1) is 11.4. The van der Waals surface area contributed by atoms with Gasteiger partial charge in [0, 0.05) is 16.1 Å². The number of benzene rings is 2. The molecule has 24 heavy (non-hydrogen) atoms. The predicted molar refractivity (Wildman–Crippen MR) is 99.9 cm³/mol. The standard InChI is InChI=1S/C20H19ClN2O/c1-12-5-7-16(8-6-12)20-14(3)19(15(4)24)22-23(20)18-10-9-17(21)11-13(18)2/h5-11,24H,4H2,1-3H3. The molecule has 3 rings (SSSR count). The van der Waals surface area contributed by atoms with E-state index < -0.39 is 0 Å². The molecule has 0 fully saturated rings. The molecule has 1 aromatic heterocycles. The van der Waals surface area contributed by atoms with Gasteiger partial charge in [-0.15, -0.1) is 0 Å². The molecule has 0 bridgehead atoms. The van der Waals surface area contributed by atoms with Crippen LogP contribution in [0.15, 0.2) is 49.0 Å². The van der Waals surface area contributed by atoms with Crippen LogP contribution in [0.3, 0.4) is 0 Å². The van der Waals surface area contributed by atoms with Gasteiger partial charge in [0.25, 0.3) is 0 Å². The van der Waals surface area contributed by atoms with E-state index in [-0.39, 0.29) is 5.76 Å². The summed E-state index contributed by atoms with van der Waals surface area (Å²) < 4.78 is 1.85. The van der Waals surface area contributed by atoms with Gasteiger partial charge in [-0.3, -0.25) is 0 Å². The van der Waals surface area contributed by atoms with Crippen molar-refractivity contribution in [3.05, 3.63) is 76.5 Å². The third-order valence-electron chi connectivity index (χ3n) is 4.11. The van der Waals surface area contributed by atoms with Crippen molar-refractivity contribution in [2.24, 2.45) is 0 Å². The lowest BCUT2D eigenvalue weighted by Crippen LogP contribution is -2.02. The van der Waals surface area contributed by atoms with E-state index in [9.17, 15) is 5.11 Å². The Morgan fingerprint density at radius 1 is 1.08 bits per heavy atom. The number of hydrogen-bond donors (Lipinski definition) is 1. The zero-order chi connectivity index (χ0) is 17.4. The summed E-state index contributed by atoms with van der Waals surface area (Å²) in [5, 5.41) is 15.2. The fourth-order valence-electron chi connectivity index (χ4n) is 2.85. The van der Waals surface area contributed by atoms with Crippen LogP contribution < -0.4 is 0 Å². The van der Waals surface area contributed by atoms with Crippen molar-refractivity contribution in [1.29, 1.82) is 0 Å². The Balaban J connectivity index is 2.30. The summed E-state index contributed by atoms with van der Waals surface area (Å²) in [6.45, 7) is 9.63. The molecule has 0 unspecified atom stereocenters. The molecule has 1 N–H and O–H groups in total. The lowest BCUT2D eigenvalue weighted by atomic mass is 10.0. The van der Waals surface area contributed by atoms with Crippen LogP contribution in [0.25, 0.3) is 22.7 Å². The third-order valence-corrected chi connectivity index (χ3v) is 4.34. The van der Waals surface area contributed by atoms with Crippen molar-refractivity contribution in [3.63, 3.8) is 0 Å². The Kier molecular flexibility index (Phi) is 4.20. The maximum atomic E-state index is 9.90. The van der Waals surface area contributed by atoms with Crippen molar-refractivity contribution < 1.29 is 5.11 Å². The second kappa shape index (κ2) is 6.17. The van der Waals surface area contributed by atoms with Gasteiger partial charge in [-0.2, -0.15) is 5.10 Å². The molecule has 0 aliphatic heterocycles.